The molecule has 2 aromatic rings. The second-order valence-electron chi connectivity index (χ2n) is 6.28. The molecule has 1 aliphatic rings. The monoisotopic (exact) mass is 374 g/mol. The number of benzene rings is 2. The Bertz CT molecular complexity index is 868. The first-order chi connectivity index (χ1) is 12.5. The number of fused-ring (bicyclic) bond motifs is 1. The lowest BCUT2D eigenvalue weighted by Gasteiger charge is -2.26. The van der Waals surface area contributed by atoms with Crippen LogP contribution in [0.4, 0.5) is 0 Å². The molecule has 26 heavy (non-hydrogen) atoms. The third kappa shape index (κ3) is 4.49. The number of ether oxygens (including phenoxy) is 1. The number of carbonyl (C=O) groups is 1. The zero-order chi connectivity index (χ0) is 18.6. The molecule has 0 fully saturated rings. The van der Waals surface area contributed by atoms with E-state index in [4.69, 9.17) is 4.74 Å². The van der Waals surface area contributed by atoms with Gasteiger partial charge in [-0.3, -0.25) is 4.79 Å². The summed E-state index contributed by atoms with van der Waals surface area (Å²) in [6.45, 7) is 0.710. The second kappa shape index (κ2) is 7.99. The van der Waals surface area contributed by atoms with Crippen LogP contribution in [0.3, 0.4) is 0 Å². The maximum atomic E-state index is 12.4. The molecule has 2 aromatic carbocycles. The standard InChI is InChI=1S/C19H22N2O4S/c1-21(14-15-7-3-2-4-8-15)26(23,24)20-19(22)13-18-17-10-6-5-9-16(17)11-12-25-18/h2-10,18H,11-14H2,1H3,(H,20,22). The number of nitrogens with one attached hydrogen (secondary N) is 1. The molecule has 1 aliphatic heterocycles. The molecule has 0 saturated carbocycles. The molecule has 1 amide bonds. The zero-order valence-corrected chi connectivity index (χ0v) is 15.4. The van der Waals surface area contributed by atoms with Crippen LogP contribution >= 0.6 is 0 Å². The third-order valence-corrected chi connectivity index (χ3v) is 5.80. The highest BCUT2D eigenvalue weighted by Gasteiger charge is 2.26. The SMILES string of the molecule is CN(Cc1ccccc1)S(=O)(=O)NC(=O)CC1OCCc2ccccc21. The summed E-state index contributed by atoms with van der Waals surface area (Å²) >= 11 is 0. The number of hydrogen-bond acceptors (Lipinski definition) is 4. The molecule has 1 heterocycles. The van der Waals surface area contributed by atoms with E-state index in [-0.39, 0.29) is 13.0 Å². The first kappa shape index (κ1) is 18.6. The van der Waals surface area contributed by atoms with Crippen LogP contribution in [0.2, 0.25) is 0 Å². The van der Waals surface area contributed by atoms with Crippen LogP contribution in [0.25, 0.3) is 0 Å². The van der Waals surface area contributed by atoms with Crippen LogP contribution in [-0.2, 0) is 32.7 Å². The Morgan fingerprint density at radius 2 is 1.85 bits per heavy atom. The molecular weight excluding hydrogens is 352 g/mol. The van der Waals surface area contributed by atoms with E-state index in [0.29, 0.717) is 6.61 Å². The van der Waals surface area contributed by atoms with Gasteiger partial charge in [0.1, 0.15) is 0 Å². The Kier molecular flexibility index (Phi) is 5.70. The quantitative estimate of drug-likeness (QED) is 0.841. The van der Waals surface area contributed by atoms with Crippen LogP contribution < -0.4 is 4.72 Å². The van der Waals surface area contributed by atoms with Gasteiger partial charge in [0.2, 0.25) is 5.91 Å². The van der Waals surface area contributed by atoms with E-state index in [0.717, 1.165) is 27.4 Å². The first-order valence-corrected chi connectivity index (χ1v) is 9.90. The van der Waals surface area contributed by atoms with Crippen LogP contribution in [0.1, 0.15) is 29.2 Å². The van der Waals surface area contributed by atoms with Gasteiger partial charge in [-0.25, -0.2) is 4.72 Å². The topological polar surface area (TPSA) is 75.7 Å². The Hall–Kier alpha value is -2.22. The first-order valence-electron chi connectivity index (χ1n) is 8.46. The van der Waals surface area contributed by atoms with Crippen molar-refractivity contribution in [1.29, 1.82) is 0 Å². The molecular formula is C19H22N2O4S. The van der Waals surface area contributed by atoms with E-state index in [1.807, 2.05) is 54.6 Å². The maximum absolute atomic E-state index is 12.4. The lowest BCUT2D eigenvalue weighted by molar-refractivity contribution is -0.122. The van der Waals surface area contributed by atoms with Crippen LogP contribution in [0, 0.1) is 0 Å². The van der Waals surface area contributed by atoms with E-state index in [2.05, 4.69) is 4.72 Å². The summed E-state index contributed by atoms with van der Waals surface area (Å²) in [5, 5.41) is 0. The lowest BCUT2D eigenvalue weighted by Crippen LogP contribution is -2.41. The molecule has 138 valence electrons. The van der Waals surface area contributed by atoms with Crippen molar-refractivity contribution in [2.75, 3.05) is 13.7 Å². The molecule has 1 N–H and O–H groups in total. The van der Waals surface area contributed by atoms with E-state index < -0.39 is 22.2 Å². The van der Waals surface area contributed by atoms with Crippen molar-refractivity contribution < 1.29 is 17.9 Å². The Balaban J connectivity index is 1.62. The average molecular weight is 374 g/mol. The Labute approximate surface area is 154 Å². The average Bonchev–Trinajstić information content (AvgIpc) is 2.62. The lowest BCUT2D eigenvalue weighted by atomic mass is 9.96. The van der Waals surface area contributed by atoms with Crippen LogP contribution in [-0.4, -0.2) is 32.3 Å². The van der Waals surface area contributed by atoms with E-state index >= 15 is 0 Å². The van der Waals surface area contributed by atoms with Gasteiger partial charge in [-0.05, 0) is 23.1 Å². The molecule has 1 unspecified atom stereocenters. The van der Waals surface area contributed by atoms with Gasteiger partial charge in [-0.15, -0.1) is 0 Å². The van der Waals surface area contributed by atoms with Gasteiger partial charge in [-0.2, -0.15) is 12.7 Å². The minimum atomic E-state index is -3.91. The number of rotatable bonds is 6. The molecule has 6 nitrogen and oxygen atoms in total. The summed E-state index contributed by atoms with van der Waals surface area (Å²) in [7, 11) is -2.47. The molecule has 0 saturated heterocycles. The van der Waals surface area contributed by atoms with E-state index in [9.17, 15) is 13.2 Å². The number of hydrogen-bond donors (Lipinski definition) is 1. The summed E-state index contributed by atoms with van der Waals surface area (Å²) < 4.78 is 33.7. The minimum absolute atomic E-state index is 0.0323. The van der Waals surface area contributed by atoms with Crippen molar-refractivity contribution in [2.24, 2.45) is 0 Å². The fraction of sp³-hybridized carbons (Fsp3) is 0.316. The van der Waals surface area contributed by atoms with Gasteiger partial charge in [0.25, 0.3) is 0 Å². The second-order valence-corrected chi connectivity index (χ2v) is 8.06. The molecule has 3 rings (SSSR count). The van der Waals surface area contributed by atoms with Gasteiger partial charge in [0.15, 0.2) is 0 Å². The number of carbonyl (C=O) groups excluding carboxylic acids is 1. The summed E-state index contributed by atoms with van der Waals surface area (Å²) in [4.78, 5) is 12.3. The summed E-state index contributed by atoms with van der Waals surface area (Å²) in [5.74, 6) is -0.577. The minimum Gasteiger partial charge on any atom is -0.373 e. The van der Waals surface area contributed by atoms with E-state index in [1.165, 1.54) is 7.05 Å². The Morgan fingerprint density at radius 1 is 1.15 bits per heavy atom. The highest BCUT2D eigenvalue weighted by atomic mass is 32.2. The van der Waals surface area contributed by atoms with Crippen molar-refractivity contribution >= 4 is 16.1 Å². The molecule has 0 aliphatic carbocycles. The fourth-order valence-electron chi connectivity index (χ4n) is 3.00. The van der Waals surface area contributed by atoms with Crippen molar-refractivity contribution in [3.63, 3.8) is 0 Å². The van der Waals surface area contributed by atoms with Crippen molar-refractivity contribution in [3.8, 4) is 0 Å². The molecule has 1 atom stereocenters. The van der Waals surface area contributed by atoms with Gasteiger partial charge in [-0.1, -0.05) is 54.6 Å². The van der Waals surface area contributed by atoms with Crippen LogP contribution in [0.5, 0.6) is 0 Å². The third-order valence-electron chi connectivity index (χ3n) is 4.36. The van der Waals surface area contributed by atoms with E-state index in [1.54, 1.807) is 0 Å². The maximum Gasteiger partial charge on any atom is 0.303 e. The molecule has 0 bridgehead atoms. The number of amides is 1. The van der Waals surface area contributed by atoms with Crippen LogP contribution in [0.15, 0.2) is 54.6 Å². The summed E-state index contributed by atoms with van der Waals surface area (Å²) in [6, 6.07) is 17.0. The van der Waals surface area contributed by atoms with Gasteiger partial charge in [0.05, 0.1) is 19.1 Å². The van der Waals surface area contributed by atoms with Crippen molar-refractivity contribution in [1.82, 2.24) is 9.03 Å². The zero-order valence-electron chi connectivity index (χ0n) is 14.6. The van der Waals surface area contributed by atoms with Crippen molar-refractivity contribution in [2.45, 2.75) is 25.5 Å². The van der Waals surface area contributed by atoms with Crippen molar-refractivity contribution in [3.05, 3.63) is 71.3 Å². The normalized spacial score (nSPS) is 16.9. The predicted octanol–water partition coefficient (Wildman–Crippen LogP) is 2.18. The Morgan fingerprint density at radius 3 is 2.62 bits per heavy atom. The molecule has 7 heteroatoms. The summed E-state index contributed by atoms with van der Waals surface area (Å²) in [5.41, 5.74) is 2.93. The molecule has 0 aromatic heterocycles. The van der Waals surface area contributed by atoms with Gasteiger partial charge < -0.3 is 4.74 Å². The highest BCUT2D eigenvalue weighted by Crippen LogP contribution is 2.29. The highest BCUT2D eigenvalue weighted by molar-refractivity contribution is 7.87. The van der Waals surface area contributed by atoms with Gasteiger partial charge >= 0.3 is 10.2 Å². The smallest absolute Gasteiger partial charge is 0.303 e. The van der Waals surface area contributed by atoms with Gasteiger partial charge in [0, 0.05) is 13.6 Å². The summed E-state index contributed by atoms with van der Waals surface area (Å²) in [6.07, 6.45) is 0.344. The fourth-order valence-corrected chi connectivity index (χ4v) is 3.85. The predicted molar refractivity (Wildman–Crippen MR) is 98.4 cm³/mol. The molecule has 0 spiro atoms. The number of nitrogens with zero attached hydrogens (tertiary/aromatic N) is 1. The molecule has 0 radical (unpaired) electrons. The largest absolute Gasteiger partial charge is 0.373 e.